The Labute approximate surface area is 154 Å². The zero-order valence-corrected chi connectivity index (χ0v) is 15.8. The van der Waals surface area contributed by atoms with E-state index in [4.69, 9.17) is 4.52 Å². The van der Waals surface area contributed by atoms with Gasteiger partial charge in [0.1, 0.15) is 5.75 Å². The molecule has 0 bridgehead atoms. The highest BCUT2D eigenvalue weighted by Gasteiger charge is 2.21. The van der Waals surface area contributed by atoms with Crippen molar-refractivity contribution in [1.29, 1.82) is 0 Å². The Hall–Kier alpha value is -2.77. The van der Waals surface area contributed by atoms with Crippen LogP contribution in [-0.2, 0) is 4.57 Å². The van der Waals surface area contributed by atoms with Gasteiger partial charge in [0, 0.05) is 16.7 Å². The maximum Gasteiger partial charge on any atom is 0.395 e. The summed E-state index contributed by atoms with van der Waals surface area (Å²) in [5.74, 6) is 0.355. The molecule has 0 aromatic heterocycles. The Morgan fingerprint density at radius 3 is 2.15 bits per heavy atom. The van der Waals surface area contributed by atoms with Crippen LogP contribution in [0, 0.1) is 20.8 Å². The van der Waals surface area contributed by atoms with Gasteiger partial charge in [0.05, 0.1) is 0 Å². The standard InChI is InChI=1S/C22H19O3P/c1-14-12-15(2)20(16(3)13-14)22(23)18-10-7-11-19(25-26-24)21(18)17-8-5-4-6-9-17/h4-13H,1-3H3. The van der Waals surface area contributed by atoms with Crippen LogP contribution in [0.4, 0.5) is 0 Å². The maximum absolute atomic E-state index is 13.4. The molecule has 0 saturated heterocycles. The fourth-order valence-corrected chi connectivity index (χ4v) is 3.64. The normalized spacial score (nSPS) is 10.7. The highest BCUT2D eigenvalue weighted by Crippen LogP contribution is 2.36. The van der Waals surface area contributed by atoms with Gasteiger partial charge in [-0.3, -0.25) is 4.79 Å². The van der Waals surface area contributed by atoms with Gasteiger partial charge in [-0.25, -0.2) is 4.57 Å². The van der Waals surface area contributed by atoms with Crippen LogP contribution < -0.4 is 4.52 Å². The van der Waals surface area contributed by atoms with Gasteiger partial charge in [-0.05, 0) is 43.5 Å². The molecule has 3 aromatic carbocycles. The summed E-state index contributed by atoms with van der Waals surface area (Å²) in [4.78, 5) is 13.4. The van der Waals surface area contributed by atoms with Gasteiger partial charge in [0.25, 0.3) is 0 Å². The number of carbonyl (C=O) groups excluding carboxylic acids is 1. The maximum atomic E-state index is 13.4. The summed E-state index contributed by atoms with van der Waals surface area (Å²) in [6.07, 6.45) is 0. The monoisotopic (exact) mass is 362 g/mol. The Balaban J connectivity index is 2.24. The molecule has 0 unspecified atom stereocenters. The number of hydrogen-bond donors (Lipinski definition) is 0. The second-order valence-corrected chi connectivity index (χ2v) is 6.65. The van der Waals surface area contributed by atoms with E-state index in [9.17, 15) is 9.36 Å². The van der Waals surface area contributed by atoms with Crippen molar-refractivity contribution in [3.63, 3.8) is 0 Å². The van der Waals surface area contributed by atoms with E-state index in [1.807, 2.05) is 63.2 Å². The number of benzene rings is 3. The van der Waals surface area contributed by atoms with Crippen molar-refractivity contribution >= 4 is 14.5 Å². The fourth-order valence-electron chi connectivity index (χ4n) is 3.41. The summed E-state index contributed by atoms with van der Waals surface area (Å²) < 4.78 is 16.3. The van der Waals surface area contributed by atoms with Gasteiger partial charge in [0.2, 0.25) is 0 Å². The minimum Gasteiger partial charge on any atom is -0.407 e. The van der Waals surface area contributed by atoms with Crippen molar-refractivity contribution in [2.45, 2.75) is 20.8 Å². The topological polar surface area (TPSA) is 43.4 Å². The van der Waals surface area contributed by atoms with Gasteiger partial charge in [-0.2, -0.15) is 0 Å². The van der Waals surface area contributed by atoms with Gasteiger partial charge < -0.3 is 4.52 Å². The Kier molecular flexibility index (Phi) is 5.29. The predicted molar refractivity (Wildman–Crippen MR) is 104 cm³/mol. The SMILES string of the molecule is Cc1cc(C)c(C(=O)c2cccc(OP=O)c2-c2ccccc2)c(C)c1. The molecule has 0 spiro atoms. The molecule has 0 atom stereocenters. The molecule has 4 heteroatoms. The third-order valence-electron chi connectivity index (χ3n) is 4.37. The Bertz CT molecular complexity index is 955. The molecule has 3 aromatic rings. The predicted octanol–water partition coefficient (Wildman–Crippen LogP) is 6.10. The lowest BCUT2D eigenvalue weighted by molar-refractivity contribution is 0.103. The number of aryl methyl sites for hydroxylation is 3. The van der Waals surface area contributed by atoms with Crippen molar-refractivity contribution < 1.29 is 13.9 Å². The minimum atomic E-state index is -0.454. The molecule has 130 valence electrons. The highest BCUT2D eigenvalue weighted by molar-refractivity contribution is 7.17. The van der Waals surface area contributed by atoms with Crippen LogP contribution in [0.3, 0.4) is 0 Å². The lowest BCUT2D eigenvalue weighted by atomic mass is 9.89. The lowest BCUT2D eigenvalue weighted by Gasteiger charge is -2.15. The van der Waals surface area contributed by atoms with E-state index in [0.717, 1.165) is 22.3 Å². The smallest absolute Gasteiger partial charge is 0.395 e. The zero-order chi connectivity index (χ0) is 18.7. The van der Waals surface area contributed by atoms with E-state index < -0.39 is 8.69 Å². The van der Waals surface area contributed by atoms with Crippen molar-refractivity contribution in [2.24, 2.45) is 0 Å². The first-order chi connectivity index (χ1) is 12.5. The summed E-state index contributed by atoms with van der Waals surface area (Å²) in [5.41, 5.74) is 5.75. The molecule has 3 rings (SSSR count). The largest absolute Gasteiger partial charge is 0.407 e. The van der Waals surface area contributed by atoms with Crippen LogP contribution in [0.15, 0.2) is 60.7 Å². The van der Waals surface area contributed by atoms with Crippen LogP contribution >= 0.6 is 8.69 Å². The van der Waals surface area contributed by atoms with Crippen LogP contribution in [0.25, 0.3) is 11.1 Å². The molecule has 0 amide bonds. The Morgan fingerprint density at radius 1 is 0.885 bits per heavy atom. The van der Waals surface area contributed by atoms with E-state index in [1.54, 1.807) is 18.2 Å². The molecular formula is C22H19O3P. The first-order valence-electron chi connectivity index (χ1n) is 8.33. The summed E-state index contributed by atoms with van der Waals surface area (Å²) in [5, 5.41) is 0. The minimum absolute atomic E-state index is 0.0631. The number of rotatable bonds is 5. The molecule has 0 aliphatic rings. The second kappa shape index (κ2) is 7.63. The Morgan fingerprint density at radius 2 is 1.54 bits per heavy atom. The molecule has 26 heavy (non-hydrogen) atoms. The summed E-state index contributed by atoms with van der Waals surface area (Å²) in [6, 6.07) is 18.8. The average molecular weight is 362 g/mol. The molecule has 0 heterocycles. The average Bonchev–Trinajstić information content (AvgIpc) is 2.61. The molecule has 0 aliphatic heterocycles. The molecule has 3 nitrogen and oxygen atoms in total. The zero-order valence-electron chi connectivity index (χ0n) is 14.9. The van der Waals surface area contributed by atoms with Crippen molar-refractivity contribution in [3.05, 3.63) is 88.5 Å². The van der Waals surface area contributed by atoms with Gasteiger partial charge in [0.15, 0.2) is 5.78 Å². The molecule has 0 fully saturated rings. The third kappa shape index (κ3) is 3.44. The second-order valence-electron chi connectivity index (χ2n) is 6.31. The van der Waals surface area contributed by atoms with Gasteiger partial charge >= 0.3 is 8.69 Å². The first kappa shape index (κ1) is 18.0. The first-order valence-corrected chi connectivity index (χ1v) is 9.06. The van der Waals surface area contributed by atoms with E-state index in [2.05, 4.69) is 0 Å². The number of carbonyl (C=O) groups is 1. The number of hydrogen-bond acceptors (Lipinski definition) is 3. The summed E-state index contributed by atoms with van der Waals surface area (Å²) >= 11 is 0. The molecule has 0 saturated carbocycles. The number of ketones is 1. The summed E-state index contributed by atoms with van der Waals surface area (Å²) in [7, 11) is -0.454. The van der Waals surface area contributed by atoms with E-state index in [0.29, 0.717) is 22.4 Å². The van der Waals surface area contributed by atoms with Crippen LogP contribution in [-0.4, -0.2) is 5.78 Å². The summed E-state index contributed by atoms with van der Waals surface area (Å²) in [6.45, 7) is 5.92. The highest BCUT2D eigenvalue weighted by atomic mass is 31.1. The fraction of sp³-hybridized carbons (Fsp3) is 0.136. The molecule has 0 radical (unpaired) electrons. The van der Waals surface area contributed by atoms with Crippen molar-refractivity contribution in [3.8, 4) is 16.9 Å². The quantitative estimate of drug-likeness (QED) is 0.407. The van der Waals surface area contributed by atoms with Gasteiger partial charge in [-0.1, -0.05) is 60.2 Å². The molecule has 0 aliphatic carbocycles. The van der Waals surface area contributed by atoms with Crippen LogP contribution in [0.5, 0.6) is 5.75 Å². The van der Waals surface area contributed by atoms with Gasteiger partial charge in [-0.15, -0.1) is 0 Å². The van der Waals surface area contributed by atoms with Crippen LogP contribution in [0.2, 0.25) is 0 Å². The molecule has 0 N–H and O–H groups in total. The van der Waals surface area contributed by atoms with Crippen molar-refractivity contribution in [2.75, 3.05) is 0 Å². The molecular weight excluding hydrogens is 343 g/mol. The van der Waals surface area contributed by atoms with Crippen LogP contribution in [0.1, 0.15) is 32.6 Å². The van der Waals surface area contributed by atoms with E-state index in [-0.39, 0.29) is 5.78 Å². The lowest BCUT2D eigenvalue weighted by Crippen LogP contribution is -2.09. The van der Waals surface area contributed by atoms with E-state index >= 15 is 0 Å². The van der Waals surface area contributed by atoms with E-state index in [1.165, 1.54) is 0 Å². The third-order valence-corrected chi connectivity index (χ3v) is 4.64. The van der Waals surface area contributed by atoms with Crippen molar-refractivity contribution in [1.82, 2.24) is 0 Å².